The maximum absolute atomic E-state index is 12.1. The SMILES string of the molecule is C[C@@H](C(=O)NC1CC1)N1CCC(Cc2ccccc2)CC1. The van der Waals surface area contributed by atoms with Crippen molar-refractivity contribution in [2.24, 2.45) is 5.92 Å². The first-order valence-electron chi connectivity index (χ1n) is 8.30. The summed E-state index contributed by atoms with van der Waals surface area (Å²) >= 11 is 0. The van der Waals surface area contributed by atoms with Crippen molar-refractivity contribution in [3.8, 4) is 0 Å². The van der Waals surface area contributed by atoms with Gasteiger partial charge in [0.1, 0.15) is 0 Å². The maximum Gasteiger partial charge on any atom is 0.237 e. The number of amides is 1. The van der Waals surface area contributed by atoms with Crippen LogP contribution in [0.2, 0.25) is 0 Å². The zero-order valence-corrected chi connectivity index (χ0v) is 12.9. The highest BCUT2D eigenvalue weighted by atomic mass is 16.2. The second-order valence-electron chi connectivity index (χ2n) is 6.63. The van der Waals surface area contributed by atoms with Crippen molar-refractivity contribution in [2.75, 3.05) is 13.1 Å². The first-order valence-corrected chi connectivity index (χ1v) is 8.30. The molecule has 1 saturated heterocycles. The van der Waals surface area contributed by atoms with Crippen LogP contribution in [0.4, 0.5) is 0 Å². The highest BCUT2D eigenvalue weighted by Crippen LogP contribution is 2.24. The van der Waals surface area contributed by atoms with Gasteiger partial charge in [-0.1, -0.05) is 30.3 Å². The number of piperidine rings is 1. The molecule has 1 N–H and O–H groups in total. The Morgan fingerprint density at radius 1 is 1.19 bits per heavy atom. The lowest BCUT2D eigenvalue weighted by molar-refractivity contribution is -0.126. The number of benzene rings is 1. The summed E-state index contributed by atoms with van der Waals surface area (Å²) < 4.78 is 0. The molecule has 1 heterocycles. The molecule has 1 saturated carbocycles. The Kier molecular flexibility index (Phi) is 4.59. The van der Waals surface area contributed by atoms with Crippen LogP contribution in [0.15, 0.2) is 30.3 Å². The number of nitrogens with zero attached hydrogens (tertiary/aromatic N) is 1. The zero-order chi connectivity index (χ0) is 14.7. The summed E-state index contributed by atoms with van der Waals surface area (Å²) in [7, 11) is 0. The van der Waals surface area contributed by atoms with Crippen LogP contribution in [0, 0.1) is 5.92 Å². The van der Waals surface area contributed by atoms with Crippen LogP contribution in [-0.4, -0.2) is 36.0 Å². The molecular formula is C18H26N2O. The van der Waals surface area contributed by atoms with Gasteiger partial charge in [0, 0.05) is 6.04 Å². The van der Waals surface area contributed by atoms with Gasteiger partial charge in [-0.3, -0.25) is 9.69 Å². The molecule has 1 aromatic carbocycles. The first-order chi connectivity index (χ1) is 10.2. The molecule has 1 aromatic rings. The van der Waals surface area contributed by atoms with Crippen molar-refractivity contribution in [3.63, 3.8) is 0 Å². The Morgan fingerprint density at radius 3 is 2.48 bits per heavy atom. The quantitative estimate of drug-likeness (QED) is 0.902. The summed E-state index contributed by atoms with van der Waals surface area (Å²) in [5.41, 5.74) is 1.44. The van der Waals surface area contributed by atoms with Gasteiger partial charge in [-0.05, 0) is 63.6 Å². The molecule has 0 aromatic heterocycles. The Bertz CT molecular complexity index is 461. The van der Waals surface area contributed by atoms with Gasteiger partial charge in [0.25, 0.3) is 0 Å². The number of carbonyl (C=O) groups is 1. The Hall–Kier alpha value is -1.35. The minimum atomic E-state index is 0.0308. The minimum Gasteiger partial charge on any atom is -0.352 e. The van der Waals surface area contributed by atoms with Gasteiger partial charge in [0.05, 0.1) is 6.04 Å². The predicted octanol–water partition coefficient (Wildman–Crippen LogP) is 2.61. The summed E-state index contributed by atoms with van der Waals surface area (Å²) in [6, 6.07) is 11.3. The van der Waals surface area contributed by atoms with Crippen LogP contribution in [0.5, 0.6) is 0 Å². The van der Waals surface area contributed by atoms with Crippen molar-refractivity contribution in [1.82, 2.24) is 10.2 Å². The molecule has 21 heavy (non-hydrogen) atoms. The van der Waals surface area contributed by atoms with E-state index < -0.39 is 0 Å². The summed E-state index contributed by atoms with van der Waals surface area (Å²) in [6.45, 7) is 4.16. The number of likely N-dealkylation sites (tertiary alicyclic amines) is 1. The number of nitrogens with one attached hydrogen (secondary N) is 1. The molecule has 1 atom stereocenters. The summed E-state index contributed by atoms with van der Waals surface area (Å²) in [5, 5.41) is 3.12. The lowest BCUT2D eigenvalue weighted by Gasteiger charge is -2.35. The van der Waals surface area contributed by atoms with E-state index in [1.54, 1.807) is 0 Å². The lowest BCUT2D eigenvalue weighted by atomic mass is 9.89. The van der Waals surface area contributed by atoms with E-state index in [-0.39, 0.29) is 11.9 Å². The first kappa shape index (κ1) is 14.6. The van der Waals surface area contributed by atoms with Crippen molar-refractivity contribution in [2.45, 2.75) is 51.1 Å². The maximum atomic E-state index is 12.1. The largest absolute Gasteiger partial charge is 0.352 e. The van der Waals surface area contributed by atoms with Crippen molar-refractivity contribution < 1.29 is 4.79 Å². The Balaban J connectivity index is 1.44. The average Bonchev–Trinajstić information content (AvgIpc) is 3.32. The Morgan fingerprint density at radius 2 is 1.86 bits per heavy atom. The van der Waals surface area contributed by atoms with E-state index in [9.17, 15) is 4.79 Å². The predicted molar refractivity (Wildman–Crippen MR) is 85.1 cm³/mol. The molecule has 3 heteroatoms. The summed E-state index contributed by atoms with van der Waals surface area (Å²) in [5.74, 6) is 0.987. The molecule has 0 bridgehead atoms. The zero-order valence-electron chi connectivity index (χ0n) is 12.9. The van der Waals surface area contributed by atoms with Crippen molar-refractivity contribution >= 4 is 5.91 Å². The van der Waals surface area contributed by atoms with Gasteiger partial charge in [-0.15, -0.1) is 0 Å². The second-order valence-corrected chi connectivity index (χ2v) is 6.63. The van der Waals surface area contributed by atoms with Crippen LogP contribution >= 0.6 is 0 Å². The average molecular weight is 286 g/mol. The molecule has 3 rings (SSSR count). The van der Waals surface area contributed by atoms with E-state index >= 15 is 0 Å². The van der Waals surface area contributed by atoms with E-state index in [1.807, 2.05) is 0 Å². The number of rotatable bonds is 5. The molecular weight excluding hydrogens is 260 g/mol. The second kappa shape index (κ2) is 6.61. The van der Waals surface area contributed by atoms with Gasteiger partial charge in [-0.2, -0.15) is 0 Å². The molecule has 1 aliphatic heterocycles. The van der Waals surface area contributed by atoms with Crippen molar-refractivity contribution in [1.29, 1.82) is 0 Å². The fourth-order valence-electron chi connectivity index (χ4n) is 3.21. The van der Waals surface area contributed by atoms with Gasteiger partial charge in [-0.25, -0.2) is 0 Å². The van der Waals surface area contributed by atoms with Gasteiger partial charge >= 0.3 is 0 Å². The van der Waals surface area contributed by atoms with E-state index in [2.05, 4.69) is 47.5 Å². The lowest BCUT2D eigenvalue weighted by Crippen LogP contribution is -2.48. The van der Waals surface area contributed by atoms with Gasteiger partial charge < -0.3 is 5.32 Å². The number of carbonyl (C=O) groups excluding carboxylic acids is 1. The molecule has 2 aliphatic rings. The summed E-state index contributed by atoms with van der Waals surface area (Å²) in [4.78, 5) is 14.5. The van der Waals surface area contributed by atoms with Crippen LogP contribution < -0.4 is 5.32 Å². The third kappa shape index (κ3) is 4.07. The van der Waals surface area contributed by atoms with Crippen molar-refractivity contribution in [3.05, 3.63) is 35.9 Å². The monoisotopic (exact) mass is 286 g/mol. The van der Waals surface area contributed by atoms with Crippen LogP contribution in [0.1, 0.15) is 38.2 Å². The molecule has 0 spiro atoms. The van der Waals surface area contributed by atoms with E-state index in [1.165, 1.54) is 24.8 Å². The molecule has 3 nitrogen and oxygen atoms in total. The molecule has 1 amide bonds. The third-order valence-corrected chi connectivity index (χ3v) is 4.87. The summed E-state index contributed by atoms with van der Waals surface area (Å²) in [6.07, 6.45) is 5.92. The smallest absolute Gasteiger partial charge is 0.237 e. The highest BCUT2D eigenvalue weighted by molar-refractivity contribution is 5.81. The molecule has 1 aliphatic carbocycles. The standard InChI is InChI=1S/C18H26N2O/c1-14(18(21)19-17-7-8-17)20-11-9-16(10-12-20)13-15-5-3-2-4-6-15/h2-6,14,16-17H,7-13H2,1H3,(H,19,21)/t14-/m0/s1. The Labute approximate surface area is 127 Å². The van der Waals surface area contributed by atoms with E-state index in [0.29, 0.717) is 6.04 Å². The number of hydrogen-bond acceptors (Lipinski definition) is 2. The normalized spacial score (nSPS) is 22.0. The van der Waals surface area contributed by atoms with Gasteiger partial charge in [0.15, 0.2) is 0 Å². The minimum absolute atomic E-state index is 0.0308. The fourth-order valence-corrected chi connectivity index (χ4v) is 3.21. The molecule has 0 unspecified atom stereocenters. The topological polar surface area (TPSA) is 32.3 Å². The van der Waals surface area contributed by atoms with Crippen LogP contribution in [0.25, 0.3) is 0 Å². The van der Waals surface area contributed by atoms with E-state index in [4.69, 9.17) is 0 Å². The highest BCUT2D eigenvalue weighted by Gasteiger charge is 2.30. The molecule has 114 valence electrons. The van der Waals surface area contributed by atoms with Crippen LogP contribution in [0.3, 0.4) is 0 Å². The van der Waals surface area contributed by atoms with E-state index in [0.717, 1.165) is 31.8 Å². The van der Waals surface area contributed by atoms with Crippen LogP contribution in [-0.2, 0) is 11.2 Å². The van der Waals surface area contributed by atoms with Gasteiger partial charge in [0.2, 0.25) is 5.91 Å². The fraction of sp³-hybridized carbons (Fsp3) is 0.611. The third-order valence-electron chi connectivity index (χ3n) is 4.87. The number of hydrogen-bond donors (Lipinski definition) is 1. The molecule has 2 fully saturated rings. The molecule has 0 radical (unpaired) electrons.